The molecule has 0 aliphatic carbocycles. The van der Waals surface area contributed by atoms with Gasteiger partial charge in [-0.15, -0.1) is 0 Å². The number of nitrogen functional groups attached to an aromatic ring is 1. The lowest BCUT2D eigenvalue weighted by atomic mass is 10.2. The summed E-state index contributed by atoms with van der Waals surface area (Å²) >= 11 is 0. The Labute approximate surface area is 116 Å². The Bertz CT molecular complexity index is 523. The van der Waals surface area contributed by atoms with E-state index >= 15 is 0 Å². The highest BCUT2D eigenvalue weighted by Crippen LogP contribution is 2.32. The monoisotopic (exact) mass is 279 g/mol. The number of urea groups is 1. The van der Waals surface area contributed by atoms with Gasteiger partial charge in [-0.05, 0) is 0 Å². The van der Waals surface area contributed by atoms with Crippen molar-refractivity contribution in [2.45, 2.75) is 6.04 Å². The topological polar surface area (TPSA) is 109 Å². The SMILES string of the molecule is COc1c(NN)ncnc1N1CCN2C(=O)NCC2C1. The largest absolute Gasteiger partial charge is 0.490 e. The summed E-state index contributed by atoms with van der Waals surface area (Å²) in [4.78, 5) is 23.8. The number of rotatable bonds is 3. The third-order valence-corrected chi connectivity index (χ3v) is 3.66. The molecule has 1 aromatic heterocycles. The Kier molecular flexibility index (Phi) is 3.18. The van der Waals surface area contributed by atoms with Crippen LogP contribution in [0.4, 0.5) is 16.4 Å². The molecule has 0 radical (unpaired) electrons. The van der Waals surface area contributed by atoms with Gasteiger partial charge in [-0.25, -0.2) is 20.6 Å². The minimum Gasteiger partial charge on any atom is -0.490 e. The maximum Gasteiger partial charge on any atom is 0.317 e. The molecular formula is C11H17N7O2. The maximum atomic E-state index is 11.6. The number of nitrogens with zero attached hydrogens (tertiary/aromatic N) is 4. The van der Waals surface area contributed by atoms with Crippen LogP contribution in [0.3, 0.4) is 0 Å². The summed E-state index contributed by atoms with van der Waals surface area (Å²) in [5.74, 6) is 7.08. The molecule has 0 bridgehead atoms. The summed E-state index contributed by atoms with van der Waals surface area (Å²) in [7, 11) is 1.56. The molecule has 2 aliphatic heterocycles. The number of anilines is 2. The lowest BCUT2D eigenvalue weighted by molar-refractivity contribution is 0.197. The van der Waals surface area contributed by atoms with Crippen LogP contribution in [0.15, 0.2) is 6.33 Å². The molecule has 0 spiro atoms. The average molecular weight is 279 g/mol. The van der Waals surface area contributed by atoms with Crippen molar-refractivity contribution in [3.05, 3.63) is 6.33 Å². The van der Waals surface area contributed by atoms with Crippen molar-refractivity contribution in [3.63, 3.8) is 0 Å². The molecule has 108 valence electrons. The fraction of sp³-hybridized carbons (Fsp3) is 0.545. The minimum absolute atomic E-state index is 0.00798. The lowest BCUT2D eigenvalue weighted by Crippen LogP contribution is -2.52. The van der Waals surface area contributed by atoms with Gasteiger partial charge >= 0.3 is 6.03 Å². The number of nitrogens with one attached hydrogen (secondary N) is 2. The Morgan fingerprint density at radius 2 is 2.35 bits per heavy atom. The first kappa shape index (κ1) is 12.7. The van der Waals surface area contributed by atoms with E-state index in [1.807, 2.05) is 4.90 Å². The minimum atomic E-state index is 0.00798. The number of piperazine rings is 1. The second-order valence-corrected chi connectivity index (χ2v) is 4.70. The second kappa shape index (κ2) is 5.00. The molecule has 3 heterocycles. The van der Waals surface area contributed by atoms with Crippen LogP contribution in [0.25, 0.3) is 0 Å². The van der Waals surface area contributed by atoms with Gasteiger partial charge in [0, 0.05) is 26.2 Å². The number of methoxy groups -OCH3 is 1. The van der Waals surface area contributed by atoms with Gasteiger partial charge in [0.05, 0.1) is 13.2 Å². The number of hydrogen-bond donors (Lipinski definition) is 3. The number of aromatic nitrogens is 2. The molecule has 0 saturated carbocycles. The smallest absolute Gasteiger partial charge is 0.317 e. The van der Waals surface area contributed by atoms with Crippen molar-refractivity contribution in [3.8, 4) is 5.75 Å². The molecule has 4 N–H and O–H groups in total. The van der Waals surface area contributed by atoms with E-state index in [1.165, 1.54) is 6.33 Å². The Balaban J connectivity index is 1.85. The molecule has 2 fully saturated rings. The zero-order chi connectivity index (χ0) is 14.1. The summed E-state index contributed by atoms with van der Waals surface area (Å²) in [6.07, 6.45) is 1.44. The van der Waals surface area contributed by atoms with Crippen LogP contribution in [0.2, 0.25) is 0 Å². The van der Waals surface area contributed by atoms with E-state index in [0.717, 1.165) is 0 Å². The van der Waals surface area contributed by atoms with E-state index in [-0.39, 0.29) is 12.1 Å². The van der Waals surface area contributed by atoms with Crippen LogP contribution in [0.1, 0.15) is 0 Å². The molecule has 3 rings (SSSR count). The van der Waals surface area contributed by atoms with Gasteiger partial charge < -0.3 is 25.3 Å². The zero-order valence-corrected chi connectivity index (χ0v) is 11.2. The van der Waals surface area contributed by atoms with Gasteiger partial charge in [0.1, 0.15) is 6.33 Å². The van der Waals surface area contributed by atoms with Gasteiger partial charge in [-0.1, -0.05) is 0 Å². The molecule has 0 aromatic carbocycles. The highest BCUT2D eigenvalue weighted by Gasteiger charge is 2.36. The number of hydrogen-bond acceptors (Lipinski definition) is 7. The van der Waals surface area contributed by atoms with E-state index in [0.29, 0.717) is 43.6 Å². The zero-order valence-electron chi connectivity index (χ0n) is 11.2. The summed E-state index contributed by atoms with van der Waals surface area (Å²) in [5.41, 5.74) is 2.50. The Morgan fingerprint density at radius 1 is 1.50 bits per heavy atom. The third-order valence-electron chi connectivity index (χ3n) is 3.66. The van der Waals surface area contributed by atoms with Crippen LogP contribution < -0.4 is 26.2 Å². The van der Waals surface area contributed by atoms with Crippen molar-refractivity contribution >= 4 is 17.7 Å². The molecule has 9 nitrogen and oxygen atoms in total. The molecule has 1 aromatic rings. The van der Waals surface area contributed by atoms with Crippen molar-refractivity contribution in [1.82, 2.24) is 20.2 Å². The van der Waals surface area contributed by atoms with E-state index in [2.05, 4.69) is 25.6 Å². The molecule has 20 heavy (non-hydrogen) atoms. The maximum absolute atomic E-state index is 11.6. The Hall–Kier alpha value is -2.29. The number of hydrazine groups is 1. The fourth-order valence-corrected chi connectivity index (χ4v) is 2.68. The van der Waals surface area contributed by atoms with E-state index < -0.39 is 0 Å². The van der Waals surface area contributed by atoms with Gasteiger partial charge in [0.25, 0.3) is 0 Å². The number of fused-ring (bicyclic) bond motifs is 1. The highest BCUT2D eigenvalue weighted by molar-refractivity contribution is 5.77. The first-order valence-electron chi connectivity index (χ1n) is 6.39. The van der Waals surface area contributed by atoms with Crippen molar-refractivity contribution < 1.29 is 9.53 Å². The highest BCUT2D eigenvalue weighted by atomic mass is 16.5. The Morgan fingerprint density at radius 3 is 3.10 bits per heavy atom. The number of ether oxygens (including phenoxy) is 1. The van der Waals surface area contributed by atoms with E-state index in [9.17, 15) is 4.79 Å². The van der Waals surface area contributed by atoms with Gasteiger partial charge in [-0.2, -0.15) is 0 Å². The van der Waals surface area contributed by atoms with Crippen molar-refractivity contribution in [1.29, 1.82) is 0 Å². The van der Waals surface area contributed by atoms with Crippen molar-refractivity contribution in [2.75, 3.05) is 43.6 Å². The first-order valence-corrected chi connectivity index (χ1v) is 6.39. The van der Waals surface area contributed by atoms with Gasteiger partial charge in [-0.3, -0.25) is 0 Å². The van der Waals surface area contributed by atoms with E-state index in [1.54, 1.807) is 7.11 Å². The first-order chi connectivity index (χ1) is 9.74. The van der Waals surface area contributed by atoms with E-state index in [4.69, 9.17) is 10.6 Å². The quantitative estimate of drug-likeness (QED) is 0.480. The summed E-state index contributed by atoms with van der Waals surface area (Å²) < 4.78 is 5.35. The molecule has 1 unspecified atom stereocenters. The van der Waals surface area contributed by atoms with Gasteiger partial charge in [0.15, 0.2) is 11.6 Å². The van der Waals surface area contributed by atoms with Crippen LogP contribution in [0.5, 0.6) is 5.75 Å². The number of amides is 2. The molecule has 2 saturated heterocycles. The molecule has 1 atom stereocenters. The second-order valence-electron chi connectivity index (χ2n) is 4.70. The molecule has 2 aliphatic rings. The van der Waals surface area contributed by atoms with Crippen LogP contribution in [0, 0.1) is 0 Å². The van der Waals surface area contributed by atoms with Crippen LogP contribution in [-0.2, 0) is 0 Å². The third kappa shape index (κ3) is 1.95. The number of nitrogens with two attached hydrogens (primary N) is 1. The standard InChI is InChI=1S/C11H17N7O2/c1-20-8-9(16-12)14-6-15-10(8)17-2-3-18-7(5-17)4-13-11(18)19/h6-7H,2-5,12H2,1H3,(H,13,19)(H,14,15,16). The van der Waals surface area contributed by atoms with Gasteiger partial charge in [0.2, 0.25) is 5.75 Å². The lowest BCUT2D eigenvalue weighted by Gasteiger charge is -2.37. The van der Waals surface area contributed by atoms with Crippen LogP contribution in [-0.4, -0.2) is 60.2 Å². The molecule has 2 amide bonds. The summed E-state index contributed by atoms with van der Waals surface area (Å²) in [5, 5.41) is 2.85. The predicted molar refractivity (Wildman–Crippen MR) is 72.5 cm³/mol. The molecular weight excluding hydrogens is 262 g/mol. The normalized spacial score (nSPS) is 21.5. The number of carbonyl (C=O) groups is 1. The predicted octanol–water partition coefficient (Wildman–Crippen LogP) is -1.02. The van der Waals surface area contributed by atoms with Crippen LogP contribution >= 0.6 is 0 Å². The summed E-state index contributed by atoms with van der Waals surface area (Å²) in [6.45, 7) is 2.72. The average Bonchev–Trinajstić information content (AvgIpc) is 2.87. The molecule has 9 heteroatoms. The fourth-order valence-electron chi connectivity index (χ4n) is 2.68. The number of carbonyl (C=O) groups excluding carboxylic acids is 1. The van der Waals surface area contributed by atoms with Crippen molar-refractivity contribution in [2.24, 2.45) is 5.84 Å². The summed E-state index contributed by atoms with van der Waals surface area (Å²) in [6, 6.07) is 0.166.